The van der Waals surface area contributed by atoms with Gasteiger partial charge in [-0.1, -0.05) is 19.3 Å². The normalized spacial score (nSPS) is 27.4. The summed E-state index contributed by atoms with van der Waals surface area (Å²) in [7, 11) is 0. The monoisotopic (exact) mass is 264 g/mol. The summed E-state index contributed by atoms with van der Waals surface area (Å²) in [6.07, 6.45) is 7.26. The highest BCUT2D eigenvalue weighted by atomic mass is 32.1. The summed E-state index contributed by atoms with van der Waals surface area (Å²) in [5.74, 6) is 0.935. The smallest absolute Gasteiger partial charge is 0.0252 e. The van der Waals surface area contributed by atoms with Crippen LogP contribution in [0.4, 0.5) is 0 Å². The molecule has 0 bridgehead atoms. The van der Waals surface area contributed by atoms with Crippen LogP contribution >= 0.6 is 11.3 Å². The van der Waals surface area contributed by atoms with Crippen LogP contribution < -0.4 is 5.32 Å². The van der Waals surface area contributed by atoms with E-state index in [9.17, 15) is 0 Å². The zero-order valence-corrected chi connectivity index (χ0v) is 11.9. The molecule has 3 rings (SSSR count). The molecule has 0 spiro atoms. The number of piperazine rings is 1. The van der Waals surface area contributed by atoms with E-state index in [4.69, 9.17) is 0 Å². The first kappa shape index (κ1) is 12.6. The Morgan fingerprint density at radius 1 is 1.28 bits per heavy atom. The standard InChI is InChI=1S/C15H24N2S/c1-2-4-14(5-3-1)15-10-16-7-8-17(15)11-13-6-9-18-12-13/h6,9,12,14-16H,1-5,7-8,10-11H2. The second-order valence-corrected chi connectivity index (χ2v) is 6.55. The third-order valence-electron chi connectivity index (χ3n) is 4.56. The molecule has 0 amide bonds. The first-order valence-corrected chi connectivity index (χ1v) is 8.33. The first-order valence-electron chi connectivity index (χ1n) is 7.39. The molecule has 1 saturated heterocycles. The Kier molecular flexibility index (Phi) is 4.34. The van der Waals surface area contributed by atoms with Crippen molar-refractivity contribution in [3.05, 3.63) is 22.4 Å². The van der Waals surface area contributed by atoms with Gasteiger partial charge in [0.1, 0.15) is 0 Å². The van der Waals surface area contributed by atoms with E-state index in [1.54, 1.807) is 0 Å². The summed E-state index contributed by atoms with van der Waals surface area (Å²) >= 11 is 1.82. The maximum atomic E-state index is 3.60. The number of thiophene rings is 1. The van der Waals surface area contributed by atoms with Crippen LogP contribution in [0.1, 0.15) is 37.7 Å². The summed E-state index contributed by atoms with van der Waals surface area (Å²) in [6.45, 7) is 4.74. The van der Waals surface area contributed by atoms with Crippen molar-refractivity contribution < 1.29 is 0 Å². The van der Waals surface area contributed by atoms with E-state index in [1.165, 1.54) is 50.8 Å². The van der Waals surface area contributed by atoms with Crippen molar-refractivity contribution in [2.45, 2.75) is 44.7 Å². The Balaban J connectivity index is 1.65. The van der Waals surface area contributed by atoms with Crippen molar-refractivity contribution in [3.8, 4) is 0 Å². The predicted octanol–water partition coefficient (Wildman–Crippen LogP) is 3.10. The van der Waals surface area contributed by atoms with Gasteiger partial charge in [0, 0.05) is 32.2 Å². The summed E-state index contributed by atoms with van der Waals surface area (Å²) < 4.78 is 0. The third-order valence-corrected chi connectivity index (χ3v) is 5.29. The minimum Gasteiger partial charge on any atom is -0.314 e. The largest absolute Gasteiger partial charge is 0.314 e. The van der Waals surface area contributed by atoms with Crippen molar-refractivity contribution in [3.63, 3.8) is 0 Å². The summed E-state index contributed by atoms with van der Waals surface area (Å²) in [5, 5.41) is 8.11. The lowest BCUT2D eigenvalue weighted by molar-refractivity contribution is 0.0861. The summed E-state index contributed by atoms with van der Waals surface area (Å²) in [5.41, 5.74) is 1.50. The molecule has 2 heterocycles. The second-order valence-electron chi connectivity index (χ2n) is 5.77. The number of nitrogens with zero attached hydrogens (tertiary/aromatic N) is 1. The van der Waals surface area contributed by atoms with Gasteiger partial charge in [-0.2, -0.15) is 11.3 Å². The highest BCUT2D eigenvalue weighted by Gasteiger charge is 2.30. The van der Waals surface area contributed by atoms with E-state index in [0.717, 1.165) is 25.0 Å². The van der Waals surface area contributed by atoms with Gasteiger partial charge < -0.3 is 5.32 Å². The number of hydrogen-bond donors (Lipinski definition) is 1. The van der Waals surface area contributed by atoms with Crippen LogP contribution in [0, 0.1) is 5.92 Å². The molecule has 2 nitrogen and oxygen atoms in total. The van der Waals surface area contributed by atoms with E-state index in [-0.39, 0.29) is 0 Å². The van der Waals surface area contributed by atoms with Gasteiger partial charge in [0.2, 0.25) is 0 Å². The molecule has 1 aliphatic carbocycles. The molecule has 1 N–H and O–H groups in total. The van der Waals surface area contributed by atoms with Crippen molar-refractivity contribution in [2.75, 3.05) is 19.6 Å². The Morgan fingerprint density at radius 3 is 2.94 bits per heavy atom. The molecule has 18 heavy (non-hydrogen) atoms. The molecular formula is C15H24N2S. The van der Waals surface area contributed by atoms with Crippen LogP contribution in [0.3, 0.4) is 0 Å². The minimum absolute atomic E-state index is 0.777. The number of nitrogens with one attached hydrogen (secondary N) is 1. The first-order chi connectivity index (χ1) is 8.93. The van der Waals surface area contributed by atoms with Crippen LogP contribution in [0.15, 0.2) is 16.8 Å². The Bertz CT molecular complexity index is 343. The SMILES string of the molecule is c1cc(CN2CCNCC2C2CCCCC2)cs1. The quantitative estimate of drug-likeness (QED) is 0.902. The zero-order chi connectivity index (χ0) is 12.2. The minimum atomic E-state index is 0.777. The molecule has 1 aromatic heterocycles. The van der Waals surface area contributed by atoms with Crippen LogP contribution in [-0.2, 0) is 6.54 Å². The second kappa shape index (κ2) is 6.18. The highest BCUT2D eigenvalue weighted by molar-refractivity contribution is 7.07. The van der Waals surface area contributed by atoms with Gasteiger partial charge in [-0.05, 0) is 41.1 Å². The maximum Gasteiger partial charge on any atom is 0.0252 e. The van der Waals surface area contributed by atoms with Crippen LogP contribution in [-0.4, -0.2) is 30.6 Å². The van der Waals surface area contributed by atoms with Gasteiger partial charge in [-0.3, -0.25) is 4.90 Å². The summed E-state index contributed by atoms with van der Waals surface area (Å²) in [4.78, 5) is 2.73. The topological polar surface area (TPSA) is 15.3 Å². The Labute approximate surface area is 114 Å². The van der Waals surface area contributed by atoms with E-state index in [0.29, 0.717) is 0 Å². The Morgan fingerprint density at radius 2 is 2.17 bits per heavy atom. The van der Waals surface area contributed by atoms with Gasteiger partial charge in [-0.15, -0.1) is 0 Å². The number of rotatable bonds is 3. The van der Waals surface area contributed by atoms with Crippen LogP contribution in [0.2, 0.25) is 0 Å². The molecule has 2 fully saturated rings. The molecule has 1 atom stereocenters. The molecule has 100 valence electrons. The lowest BCUT2D eigenvalue weighted by atomic mass is 9.82. The van der Waals surface area contributed by atoms with E-state index < -0.39 is 0 Å². The fourth-order valence-corrected chi connectivity index (χ4v) is 4.22. The van der Waals surface area contributed by atoms with Crippen molar-refractivity contribution in [1.82, 2.24) is 10.2 Å². The third kappa shape index (κ3) is 2.95. The fourth-order valence-electron chi connectivity index (χ4n) is 3.56. The van der Waals surface area contributed by atoms with Crippen LogP contribution in [0.25, 0.3) is 0 Å². The van der Waals surface area contributed by atoms with Crippen molar-refractivity contribution >= 4 is 11.3 Å². The van der Waals surface area contributed by atoms with Crippen molar-refractivity contribution in [2.24, 2.45) is 5.92 Å². The molecule has 1 unspecified atom stereocenters. The van der Waals surface area contributed by atoms with E-state index in [2.05, 4.69) is 27.0 Å². The fraction of sp³-hybridized carbons (Fsp3) is 0.733. The molecule has 2 aliphatic rings. The molecule has 1 aliphatic heterocycles. The van der Waals surface area contributed by atoms with Gasteiger partial charge >= 0.3 is 0 Å². The van der Waals surface area contributed by atoms with Crippen LogP contribution in [0.5, 0.6) is 0 Å². The highest BCUT2D eigenvalue weighted by Crippen LogP contribution is 2.30. The van der Waals surface area contributed by atoms with E-state index in [1.807, 2.05) is 11.3 Å². The zero-order valence-electron chi connectivity index (χ0n) is 11.1. The van der Waals surface area contributed by atoms with Gasteiger partial charge in [-0.25, -0.2) is 0 Å². The molecular weight excluding hydrogens is 240 g/mol. The average Bonchev–Trinajstić information content (AvgIpc) is 2.93. The molecule has 1 aromatic rings. The van der Waals surface area contributed by atoms with Gasteiger partial charge in [0.15, 0.2) is 0 Å². The predicted molar refractivity (Wildman–Crippen MR) is 78.0 cm³/mol. The molecule has 3 heteroatoms. The molecule has 1 saturated carbocycles. The van der Waals surface area contributed by atoms with Crippen molar-refractivity contribution in [1.29, 1.82) is 0 Å². The molecule has 0 aromatic carbocycles. The lowest BCUT2D eigenvalue weighted by Gasteiger charge is -2.42. The summed E-state index contributed by atoms with van der Waals surface area (Å²) in [6, 6.07) is 3.06. The van der Waals surface area contributed by atoms with E-state index >= 15 is 0 Å². The Hall–Kier alpha value is -0.380. The number of hydrogen-bond acceptors (Lipinski definition) is 3. The van der Waals surface area contributed by atoms with Gasteiger partial charge in [0.05, 0.1) is 0 Å². The lowest BCUT2D eigenvalue weighted by Crippen LogP contribution is -2.54. The molecule has 0 radical (unpaired) electrons. The average molecular weight is 264 g/mol. The maximum absolute atomic E-state index is 3.60. The van der Waals surface area contributed by atoms with Gasteiger partial charge in [0.25, 0.3) is 0 Å².